The van der Waals surface area contributed by atoms with Crippen LogP contribution in [0.4, 0.5) is 11.4 Å². The summed E-state index contributed by atoms with van der Waals surface area (Å²) in [5.74, 6) is 0.0965. The molecule has 5 heteroatoms. The first-order valence-electron chi connectivity index (χ1n) is 12.0. The Morgan fingerprint density at radius 3 is 2.35 bits per heavy atom. The Labute approximate surface area is 206 Å². The van der Waals surface area contributed by atoms with Crippen LogP contribution < -0.4 is 4.90 Å². The molecule has 34 heavy (non-hydrogen) atoms. The number of aliphatic imine (C=N–C) groups is 1. The SMILES string of the molecule is CCC1=Nc2cc(C(=O)N3CCN(c4cc(C)ccc4C)CC3)ccc2Sc2ccc(C)cc21. The van der Waals surface area contributed by atoms with E-state index >= 15 is 0 Å². The van der Waals surface area contributed by atoms with Crippen LogP contribution in [0.25, 0.3) is 0 Å². The van der Waals surface area contributed by atoms with Gasteiger partial charge in [0.1, 0.15) is 0 Å². The molecule has 2 aliphatic heterocycles. The summed E-state index contributed by atoms with van der Waals surface area (Å²) in [6.45, 7) is 11.7. The maximum absolute atomic E-state index is 13.4. The van der Waals surface area contributed by atoms with Crippen molar-refractivity contribution in [3.05, 3.63) is 82.4 Å². The molecule has 1 amide bonds. The van der Waals surface area contributed by atoms with E-state index in [4.69, 9.17) is 4.99 Å². The number of carbonyl (C=O) groups is 1. The fourth-order valence-electron chi connectivity index (χ4n) is 4.77. The summed E-state index contributed by atoms with van der Waals surface area (Å²) in [6.07, 6.45) is 0.856. The monoisotopic (exact) mass is 469 g/mol. The molecule has 0 radical (unpaired) electrons. The van der Waals surface area contributed by atoms with E-state index in [-0.39, 0.29) is 5.91 Å². The second-order valence-electron chi connectivity index (χ2n) is 9.27. The molecule has 0 unspecified atom stereocenters. The molecule has 2 aliphatic rings. The number of hydrogen-bond acceptors (Lipinski definition) is 4. The van der Waals surface area contributed by atoms with Crippen molar-refractivity contribution in [2.45, 2.75) is 43.9 Å². The van der Waals surface area contributed by atoms with E-state index in [9.17, 15) is 4.79 Å². The topological polar surface area (TPSA) is 35.9 Å². The number of hydrogen-bond donors (Lipinski definition) is 0. The highest BCUT2D eigenvalue weighted by molar-refractivity contribution is 7.99. The summed E-state index contributed by atoms with van der Waals surface area (Å²) < 4.78 is 0. The molecule has 174 valence electrons. The van der Waals surface area contributed by atoms with Gasteiger partial charge < -0.3 is 9.80 Å². The Balaban J connectivity index is 1.36. The molecule has 0 aliphatic carbocycles. The maximum Gasteiger partial charge on any atom is 0.254 e. The lowest BCUT2D eigenvalue weighted by atomic mass is 10.0. The molecule has 3 aromatic carbocycles. The first-order valence-corrected chi connectivity index (χ1v) is 12.9. The zero-order valence-corrected chi connectivity index (χ0v) is 21.2. The molecule has 4 nitrogen and oxygen atoms in total. The predicted octanol–water partition coefficient (Wildman–Crippen LogP) is 6.57. The zero-order chi connectivity index (χ0) is 23.8. The van der Waals surface area contributed by atoms with Gasteiger partial charge in [-0.25, -0.2) is 0 Å². The van der Waals surface area contributed by atoms with Crippen molar-refractivity contribution in [2.75, 3.05) is 31.1 Å². The minimum absolute atomic E-state index is 0.0965. The smallest absolute Gasteiger partial charge is 0.254 e. The lowest BCUT2D eigenvalue weighted by molar-refractivity contribution is 0.0746. The Kier molecular flexibility index (Phi) is 6.22. The summed E-state index contributed by atoms with van der Waals surface area (Å²) >= 11 is 1.74. The van der Waals surface area contributed by atoms with Gasteiger partial charge in [-0.15, -0.1) is 0 Å². The standard InChI is InChI=1S/C29H31N3OS/c1-5-24-23-16-19(2)7-10-27(23)34-28-11-9-22(18-25(28)30-24)29(33)32-14-12-31(13-15-32)26-17-20(3)6-8-21(26)4/h6-11,16-18H,5,12-15H2,1-4H3. The number of aryl methyl sites for hydroxylation is 3. The highest BCUT2D eigenvalue weighted by Gasteiger charge is 2.25. The lowest BCUT2D eigenvalue weighted by Gasteiger charge is -2.37. The molecule has 0 spiro atoms. The van der Waals surface area contributed by atoms with Crippen molar-refractivity contribution in [1.82, 2.24) is 4.90 Å². The van der Waals surface area contributed by atoms with Crippen LogP contribution in [-0.4, -0.2) is 42.7 Å². The minimum atomic E-state index is 0.0965. The van der Waals surface area contributed by atoms with E-state index in [2.05, 4.69) is 75.1 Å². The summed E-state index contributed by atoms with van der Waals surface area (Å²) in [6, 6.07) is 19.1. The molecular weight excluding hydrogens is 438 g/mol. The third kappa shape index (κ3) is 4.37. The van der Waals surface area contributed by atoms with Crippen LogP contribution in [0.1, 0.15) is 46.0 Å². The Bertz CT molecular complexity index is 1290. The van der Waals surface area contributed by atoms with Crippen LogP contribution in [0.5, 0.6) is 0 Å². The fraction of sp³-hybridized carbons (Fsp3) is 0.310. The number of carbonyl (C=O) groups excluding carboxylic acids is 1. The van der Waals surface area contributed by atoms with E-state index in [1.807, 2.05) is 17.0 Å². The van der Waals surface area contributed by atoms with Gasteiger partial charge in [-0.2, -0.15) is 0 Å². The van der Waals surface area contributed by atoms with E-state index in [0.717, 1.165) is 54.5 Å². The van der Waals surface area contributed by atoms with Gasteiger partial charge in [-0.05, 0) is 74.7 Å². The molecule has 0 aromatic heterocycles. The highest BCUT2D eigenvalue weighted by Crippen LogP contribution is 2.41. The number of benzene rings is 3. The number of nitrogens with zero attached hydrogens (tertiary/aromatic N) is 3. The van der Waals surface area contributed by atoms with Gasteiger partial charge in [-0.3, -0.25) is 9.79 Å². The van der Waals surface area contributed by atoms with E-state index < -0.39 is 0 Å². The molecule has 0 bridgehead atoms. The third-order valence-corrected chi connectivity index (χ3v) is 7.88. The number of amides is 1. The highest BCUT2D eigenvalue weighted by atomic mass is 32.2. The second kappa shape index (κ2) is 9.30. The van der Waals surface area contributed by atoms with Crippen LogP contribution in [0.2, 0.25) is 0 Å². The van der Waals surface area contributed by atoms with Gasteiger partial charge in [0.05, 0.1) is 5.69 Å². The first kappa shape index (κ1) is 22.7. The number of piperazine rings is 1. The van der Waals surface area contributed by atoms with Crippen molar-refractivity contribution >= 4 is 34.8 Å². The molecule has 5 rings (SSSR count). The van der Waals surface area contributed by atoms with Crippen molar-refractivity contribution in [2.24, 2.45) is 4.99 Å². The zero-order valence-electron chi connectivity index (χ0n) is 20.4. The maximum atomic E-state index is 13.4. The van der Waals surface area contributed by atoms with E-state index in [0.29, 0.717) is 0 Å². The number of anilines is 1. The van der Waals surface area contributed by atoms with Gasteiger partial charge in [0, 0.05) is 58.5 Å². The van der Waals surface area contributed by atoms with E-state index in [1.54, 1.807) is 11.8 Å². The van der Waals surface area contributed by atoms with Crippen LogP contribution >= 0.6 is 11.8 Å². The summed E-state index contributed by atoms with van der Waals surface area (Å²) in [4.78, 5) is 25.1. The summed E-state index contributed by atoms with van der Waals surface area (Å²) in [5, 5.41) is 0. The molecule has 0 saturated carbocycles. The Hall–Kier alpha value is -3.05. The molecular formula is C29H31N3OS. The molecule has 0 atom stereocenters. The van der Waals surface area contributed by atoms with Gasteiger partial charge in [-0.1, -0.05) is 42.4 Å². The van der Waals surface area contributed by atoms with Gasteiger partial charge >= 0.3 is 0 Å². The predicted molar refractivity (Wildman–Crippen MR) is 142 cm³/mol. The Morgan fingerprint density at radius 1 is 0.882 bits per heavy atom. The molecule has 1 saturated heterocycles. The van der Waals surface area contributed by atoms with E-state index in [1.165, 1.54) is 32.8 Å². The average molecular weight is 470 g/mol. The van der Waals surface area contributed by atoms with Crippen molar-refractivity contribution in [1.29, 1.82) is 0 Å². The van der Waals surface area contributed by atoms with Gasteiger partial charge in [0.15, 0.2) is 0 Å². The first-order chi connectivity index (χ1) is 16.4. The normalized spacial score (nSPS) is 15.4. The summed E-state index contributed by atoms with van der Waals surface area (Å²) in [5.41, 5.74) is 8.99. The second-order valence-corrected chi connectivity index (χ2v) is 10.3. The van der Waals surface area contributed by atoms with Crippen molar-refractivity contribution in [3.63, 3.8) is 0 Å². The number of fused-ring (bicyclic) bond motifs is 2. The quantitative estimate of drug-likeness (QED) is 0.435. The summed E-state index contributed by atoms with van der Waals surface area (Å²) in [7, 11) is 0. The van der Waals surface area contributed by atoms with Gasteiger partial charge in [0.2, 0.25) is 0 Å². The average Bonchev–Trinajstić information content (AvgIpc) is 3.01. The molecule has 3 aromatic rings. The minimum Gasteiger partial charge on any atom is -0.368 e. The van der Waals surface area contributed by atoms with Crippen molar-refractivity contribution < 1.29 is 4.79 Å². The molecule has 0 N–H and O–H groups in total. The van der Waals surface area contributed by atoms with Crippen LogP contribution in [0.3, 0.4) is 0 Å². The van der Waals surface area contributed by atoms with Crippen LogP contribution in [-0.2, 0) is 0 Å². The van der Waals surface area contributed by atoms with Crippen LogP contribution in [0, 0.1) is 20.8 Å². The van der Waals surface area contributed by atoms with Crippen LogP contribution in [0.15, 0.2) is 69.4 Å². The van der Waals surface area contributed by atoms with Gasteiger partial charge in [0.25, 0.3) is 5.91 Å². The Morgan fingerprint density at radius 2 is 1.59 bits per heavy atom. The lowest BCUT2D eigenvalue weighted by Crippen LogP contribution is -2.49. The fourth-order valence-corrected chi connectivity index (χ4v) is 5.77. The molecule has 2 heterocycles. The largest absolute Gasteiger partial charge is 0.368 e. The number of rotatable bonds is 3. The molecule has 1 fully saturated rings. The van der Waals surface area contributed by atoms with Crippen molar-refractivity contribution in [3.8, 4) is 0 Å². The third-order valence-electron chi connectivity index (χ3n) is 6.73.